The van der Waals surface area contributed by atoms with Crippen molar-refractivity contribution in [1.29, 1.82) is 0 Å². The normalized spacial score (nSPS) is 21.8. The summed E-state index contributed by atoms with van der Waals surface area (Å²) < 4.78 is 59.2. The van der Waals surface area contributed by atoms with Gasteiger partial charge >= 0.3 is 0 Å². The fourth-order valence-corrected chi connectivity index (χ4v) is 4.05. The first-order valence-corrected chi connectivity index (χ1v) is 9.37. The van der Waals surface area contributed by atoms with E-state index in [2.05, 4.69) is 16.7 Å². The molecule has 0 spiro atoms. The van der Waals surface area contributed by atoms with Crippen LogP contribution < -0.4 is 0 Å². The summed E-state index contributed by atoms with van der Waals surface area (Å²) in [6.07, 6.45) is 5.24. The molecular formula is C22H23F4N3. The first kappa shape index (κ1) is 21.0. The second kappa shape index (κ2) is 8.35. The Hall–Kier alpha value is -2.70. The molecular weight excluding hydrogens is 382 g/mol. The highest BCUT2D eigenvalue weighted by molar-refractivity contribution is 5.84. The zero-order chi connectivity index (χ0) is 21.2. The van der Waals surface area contributed by atoms with Crippen molar-refractivity contribution in [3.63, 3.8) is 0 Å². The van der Waals surface area contributed by atoms with Crippen LogP contribution in [0.15, 0.2) is 48.2 Å². The molecule has 0 bridgehead atoms. The largest absolute Gasteiger partial charge is 0.272 e. The molecule has 1 heterocycles. The summed E-state index contributed by atoms with van der Waals surface area (Å²) in [6.45, 7) is 5.08. The molecule has 154 valence electrons. The van der Waals surface area contributed by atoms with Gasteiger partial charge in [0.15, 0.2) is 11.6 Å². The number of nitrogens with zero attached hydrogens (tertiary/aromatic N) is 3. The van der Waals surface area contributed by atoms with Gasteiger partial charge in [-0.15, -0.1) is 0 Å². The minimum atomic E-state index is -2.83. The van der Waals surface area contributed by atoms with Crippen LogP contribution in [0.2, 0.25) is 0 Å². The van der Waals surface area contributed by atoms with Gasteiger partial charge in [0, 0.05) is 55.7 Å². The molecule has 1 saturated carbocycles. The number of hydrogen-bond acceptors (Lipinski definition) is 2. The third-order valence-electron chi connectivity index (χ3n) is 5.47. The highest BCUT2D eigenvalue weighted by atomic mass is 19.3. The Labute approximate surface area is 167 Å². The first-order chi connectivity index (χ1) is 13.7. The predicted octanol–water partition coefficient (Wildman–Crippen LogP) is 5.69. The minimum absolute atomic E-state index is 0.0369. The van der Waals surface area contributed by atoms with Crippen LogP contribution in [-0.2, 0) is 13.5 Å². The van der Waals surface area contributed by atoms with Gasteiger partial charge < -0.3 is 0 Å². The Morgan fingerprint density at radius 1 is 1.28 bits per heavy atom. The molecule has 1 aliphatic rings. The van der Waals surface area contributed by atoms with Gasteiger partial charge in [0.1, 0.15) is 0 Å². The van der Waals surface area contributed by atoms with Crippen molar-refractivity contribution in [1.82, 2.24) is 9.78 Å². The van der Waals surface area contributed by atoms with Gasteiger partial charge in [-0.05, 0) is 42.5 Å². The van der Waals surface area contributed by atoms with Crippen LogP contribution in [0.1, 0.15) is 42.5 Å². The van der Waals surface area contributed by atoms with Crippen LogP contribution in [0, 0.1) is 17.6 Å². The van der Waals surface area contributed by atoms with Crippen LogP contribution in [0.3, 0.4) is 0 Å². The van der Waals surface area contributed by atoms with E-state index in [-0.39, 0.29) is 30.4 Å². The van der Waals surface area contributed by atoms with E-state index in [1.807, 2.05) is 0 Å². The highest BCUT2D eigenvalue weighted by Gasteiger charge is 2.47. The number of benzene rings is 1. The van der Waals surface area contributed by atoms with Crippen molar-refractivity contribution in [2.45, 2.75) is 38.0 Å². The van der Waals surface area contributed by atoms with Gasteiger partial charge in [-0.25, -0.2) is 17.6 Å². The molecule has 1 aromatic carbocycles. The van der Waals surface area contributed by atoms with E-state index in [9.17, 15) is 17.6 Å². The molecule has 29 heavy (non-hydrogen) atoms. The van der Waals surface area contributed by atoms with E-state index in [0.29, 0.717) is 11.3 Å². The highest BCUT2D eigenvalue weighted by Crippen LogP contribution is 2.49. The Kier molecular flexibility index (Phi) is 6.05. The SMILES string of the molecule is C=CN=C/C=C(\C)c1ccc(CC2CC(F)(F)CC2c2ccnn2C)c(F)c1F. The van der Waals surface area contributed by atoms with Gasteiger partial charge in [0.05, 0.1) is 0 Å². The fourth-order valence-electron chi connectivity index (χ4n) is 4.05. The van der Waals surface area contributed by atoms with Gasteiger partial charge in [-0.2, -0.15) is 5.10 Å². The second-order valence-corrected chi connectivity index (χ2v) is 7.45. The maximum atomic E-state index is 14.7. The Morgan fingerprint density at radius 2 is 2.03 bits per heavy atom. The van der Waals surface area contributed by atoms with Gasteiger partial charge in [-0.3, -0.25) is 9.67 Å². The number of rotatable bonds is 6. The zero-order valence-electron chi connectivity index (χ0n) is 16.4. The fraction of sp³-hybridized carbons (Fsp3) is 0.364. The van der Waals surface area contributed by atoms with Gasteiger partial charge in [0.2, 0.25) is 5.92 Å². The summed E-state index contributed by atoms with van der Waals surface area (Å²) in [5.41, 5.74) is 1.40. The lowest BCUT2D eigenvalue weighted by molar-refractivity contribution is 0.00402. The lowest BCUT2D eigenvalue weighted by atomic mass is 9.86. The maximum Gasteiger partial charge on any atom is 0.249 e. The number of hydrogen-bond donors (Lipinski definition) is 0. The predicted molar refractivity (Wildman–Crippen MR) is 106 cm³/mol. The smallest absolute Gasteiger partial charge is 0.249 e. The van der Waals surface area contributed by atoms with Crippen molar-refractivity contribution >= 4 is 11.8 Å². The van der Waals surface area contributed by atoms with Crippen molar-refractivity contribution in [2.24, 2.45) is 18.0 Å². The zero-order valence-corrected chi connectivity index (χ0v) is 16.4. The molecule has 3 nitrogen and oxygen atoms in total. The molecule has 2 atom stereocenters. The average molecular weight is 405 g/mol. The molecule has 1 aliphatic carbocycles. The molecule has 2 unspecified atom stereocenters. The lowest BCUT2D eigenvalue weighted by Crippen LogP contribution is -2.14. The van der Waals surface area contributed by atoms with Crippen molar-refractivity contribution in [2.75, 3.05) is 0 Å². The maximum absolute atomic E-state index is 14.7. The number of allylic oxidation sites excluding steroid dienone is 2. The van der Waals surface area contributed by atoms with E-state index >= 15 is 0 Å². The summed E-state index contributed by atoms with van der Waals surface area (Å²) in [6, 6.07) is 4.66. The lowest BCUT2D eigenvalue weighted by Gasteiger charge is -2.20. The van der Waals surface area contributed by atoms with Crippen LogP contribution in [-0.4, -0.2) is 21.9 Å². The summed E-state index contributed by atoms with van der Waals surface area (Å²) in [5.74, 6) is -5.77. The Bertz CT molecular complexity index is 959. The average Bonchev–Trinajstić information content (AvgIpc) is 3.21. The number of aryl methyl sites for hydroxylation is 1. The molecule has 3 rings (SSSR count). The third-order valence-corrected chi connectivity index (χ3v) is 5.47. The molecule has 1 fully saturated rings. The molecule has 0 N–H and O–H groups in total. The van der Waals surface area contributed by atoms with Gasteiger partial charge in [-0.1, -0.05) is 18.7 Å². The summed E-state index contributed by atoms with van der Waals surface area (Å²) in [7, 11) is 1.70. The number of halogens is 4. The van der Waals surface area contributed by atoms with Crippen LogP contribution in [0.25, 0.3) is 5.57 Å². The first-order valence-electron chi connectivity index (χ1n) is 9.37. The number of alkyl halides is 2. The van der Waals surface area contributed by atoms with E-state index in [0.717, 1.165) is 0 Å². The van der Waals surface area contributed by atoms with E-state index in [1.165, 1.54) is 24.5 Å². The van der Waals surface area contributed by atoms with Crippen molar-refractivity contribution in [3.05, 3.63) is 71.7 Å². The molecule has 7 heteroatoms. The molecule has 0 aliphatic heterocycles. The monoisotopic (exact) mass is 405 g/mol. The molecule has 2 aromatic rings. The van der Waals surface area contributed by atoms with Gasteiger partial charge in [0.25, 0.3) is 0 Å². The second-order valence-electron chi connectivity index (χ2n) is 7.45. The summed E-state index contributed by atoms with van der Waals surface area (Å²) >= 11 is 0. The molecule has 0 amide bonds. The Morgan fingerprint density at radius 3 is 2.69 bits per heavy atom. The van der Waals surface area contributed by atoms with Crippen LogP contribution in [0.4, 0.5) is 17.6 Å². The Balaban J connectivity index is 1.88. The van der Waals surface area contributed by atoms with E-state index in [4.69, 9.17) is 0 Å². The number of aliphatic imine (C=N–C) groups is 1. The van der Waals surface area contributed by atoms with Crippen molar-refractivity contribution in [3.8, 4) is 0 Å². The van der Waals surface area contributed by atoms with Crippen LogP contribution >= 0.6 is 0 Å². The quantitative estimate of drug-likeness (QED) is 0.449. The molecule has 1 aromatic heterocycles. The molecule has 0 radical (unpaired) electrons. The minimum Gasteiger partial charge on any atom is -0.272 e. The topological polar surface area (TPSA) is 30.2 Å². The van der Waals surface area contributed by atoms with Crippen LogP contribution in [0.5, 0.6) is 0 Å². The summed E-state index contributed by atoms with van der Waals surface area (Å²) in [4.78, 5) is 3.80. The van der Waals surface area contributed by atoms with E-state index in [1.54, 1.807) is 37.0 Å². The standard InChI is InChI=1S/C22H23F4N3/c1-4-27-9-7-14(2)17-6-5-15(20(23)21(17)24)11-16-12-22(25,26)13-18(16)19-8-10-28-29(19)3/h4-10,16,18H,1,11-13H2,2-3H3/b14-7+,27-9?. The number of aromatic nitrogens is 2. The van der Waals surface area contributed by atoms with Crippen molar-refractivity contribution < 1.29 is 17.6 Å². The molecule has 0 saturated heterocycles. The third kappa shape index (κ3) is 4.49. The summed E-state index contributed by atoms with van der Waals surface area (Å²) in [5, 5.41) is 4.06. The van der Waals surface area contributed by atoms with E-state index < -0.39 is 29.4 Å².